The number of amides is 1. The second kappa shape index (κ2) is 8.22. The van der Waals surface area contributed by atoms with Crippen molar-refractivity contribution in [3.05, 3.63) is 21.9 Å². The van der Waals surface area contributed by atoms with Crippen LogP contribution in [-0.2, 0) is 17.9 Å². The van der Waals surface area contributed by atoms with Gasteiger partial charge in [-0.2, -0.15) is 0 Å². The van der Waals surface area contributed by atoms with Gasteiger partial charge in [-0.15, -0.1) is 16.4 Å². The predicted molar refractivity (Wildman–Crippen MR) is 99.5 cm³/mol. The van der Waals surface area contributed by atoms with Crippen LogP contribution in [0, 0.1) is 12.8 Å². The van der Waals surface area contributed by atoms with E-state index in [-0.39, 0.29) is 18.5 Å². The molecule has 26 heavy (non-hydrogen) atoms. The van der Waals surface area contributed by atoms with Crippen molar-refractivity contribution in [3.63, 3.8) is 0 Å². The quantitative estimate of drug-likeness (QED) is 0.765. The van der Waals surface area contributed by atoms with Crippen molar-refractivity contribution in [2.24, 2.45) is 5.92 Å². The Kier molecular flexibility index (Phi) is 5.98. The van der Waals surface area contributed by atoms with E-state index < -0.39 is 0 Å². The number of aromatic nitrogens is 5. The molecule has 2 aromatic heterocycles. The lowest BCUT2D eigenvalue weighted by molar-refractivity contribution is -0.132. The molecule has 0 aromatic carbocycles. The second-order valence-electron chi connectivity index (χ2n) is 7.22. The largest absolute Gasteiger partial charge is 0.335 e. The van der Waals surface area contributed by atoms with E-state index in [9.17, 15) is 4.79 Å². The van der Waals surface area contributed by atoms with Gasteiger partial charge in [0.25, 0.3) is 0 Å². The van der Waals surface area contributed by atoms with Crippen LogP contribution in [0.15, 0.2) is 5.38 Å². The minimum atomic E-state index is -0.0651. The summed E-state index contributed by atoms with van der Waals surface area (Å²) >= 11 is 1.58. The van der Waals surface area contributed by atoms with E-state index >= 15 is 0 Å². The lowest BCUT2D eigenvalue weighted by Crippen LogP contribution is -2.35. The smallest absolute Gasteiger partial charge is 0.244 e. The minimum absolute atomic E-state index is 0.0221. The van der Waals surface area contributed by atoms with Gasteiger partial charge in [0, 0.05) is 18.1 Å². The van der Waals surface area contributed by atoms with Crippen LogP contribution in [0.2, 0.25) is 0 Å². The number of carbonyl (C=O) groups excluding carboxylic acids is 1. The minimum Gasteiger partial charge on any atom is -0.335 e. The monoisotopic (exact) mass is 377 g/mol. The highest BCUT2D eigenvalue weighted by Crippen LogP contribution is 2.23. The fraction of sp³-hybridized carbons (Fsp3) is 0.706. The summed E-state index contributed by atoms with van der Waals surface area (Å²) in [7, 11) is 1.81. The van der Waals surface area contributed by atoms with Crippen molar-refractivity contribution in [2.45, 2.75) is 52.7 Å². The molecule has 0 unspecified atom stereocenters. The molecule has 1 amide bonds. The lowest BCUT2D eigenvalue weighted by atomic mass is 9.99. The van der Waals surface area contributed by atoms with Crippen LogP contribution >= 0.6 is 11.3 Å². The van der Waals surface area contributed by atoms with Crippen LogP contribution in [0.1, 0.15) is 49.3 Å². The molecule has 0 aliphatic carbocycles. The summed E-state index contributed by atoms with van der Waals surface area (Å²) in [6.07, 6.45) is 2.40. The highest BCUT2D eigenvalue weighted by Gasteiger charge is 2.23. The van der Waals surface area contributed by atoms with E-state index in [1.807, 2.05) is 19.2 Å². The maximum Gasteiger partial charge on any atom is 0.244 e. The van der Waals surface area contributed by atoms with Crippen LogP contribution in [0.25, 0.3) is 0 Å². The molecule has 0 bridgehead atoms. The first-order valence-electron chi connectivity index (χ1n) is 9.09. The molecule has 1 aliphatic heterocycles. The summed E-state index contributed by atoms with van der Waals surface area (Å²) in [5.41, 5.74) is 0.983. The predicted octanol–water partition coefficient (Wildman–Crippen LogP) is 1.89. The topological polar surface area (TPSA) is 80.0 Å². The molecule has 1 saturated heterocycles. The molecule has 8 nitrogen and oxygen atoms in total. The average Bonchev–Trinajstić information content (AvgIpc) is 3.25. The molecule has 0 spiro atoms. The zero-order chi connectivity index (χ0) is 18.7. The molecule has 1 fully saturated rings. The molecular formula is C17H27N7OS. The summed E-state index contributed by atoms with van der Waals surface area (Å²) in [6.45, 7) is 9.20. The Labute approximate surface area is 158 Å². The van der Waals surface area contributed by atoms with Gasteiger partial charge in [-0.05, 0) is 56.1 Å². The molecule has 0 N–H and O–H groups in total. The van der Waals surface area contributed by atoms with Crippen molar-refractivity contribution in [1.29, 1.82) is 0 Å². The van der Waals surface area contributed by atoms with Crippen molar-refractivity contribution >= 4 is 17.2 Å². The Balaban J connectivity index is 1.60. The molecule has 2 aromatic rings. The second-order valence-corrected chi connectivity index (χ2v) is 8.11. The van der Waals surface area contributed by atoms with Crippen LogP contribution in [0.3, 0.4) is 0 Å². The van der Waals surface area contributed by atoms with Gasteiger partial charge < -0.3 is 4.90 Å². The van der Waals surface area contributed by atoms with Crippen LogP contribution in [-0.4, -0.2) is 61.0 Å². The van der Waals surface area contributed by atoms with Gasteiger partial charge in [-0.3, -0.25) is 9.69 Å². The Morgan fingerprint density at radius 2 is 2.15 bits per heavy atom. The zero-order valence-electron chi connectivity index (χ0n) is 15.9. The maximum absolute atomic E-state index is 12.7. The molecular weight excluding hydrogens is 350 g/mol. The fourth-order valence-electron chi connectivity index (χ4n) is 3.06. The number of nitrogens with zero attached hydrogens (tertiary/aromatic N) is 7. The number of carbonyl (C=O) groups is 1. The van der Waals surface area contributed by atoms with Gasteiger partial charge in [0.1, 0.15) is 11.6 Å². The number of aryl methyl sites for hydroxylation is 1. The third-order valence-electron chi connectivity index (χ3n) is 5.10. The highest BCUT2D eigenvalue weighted by atomic mass is 32.1. The van der Waals surface area contributed by atoms with E-state index in [0.29, 0.717) is 6.54 Å². The first-order chi connectivity index (χ1) is 12.4. The summed E-state index contributed by atoms with van der Waals surface area (Å²) in [5.74, 6) is 1.51. The van der Waals surface area contributed by atoms with Gasteiger partial charge in [0.15, 0.2) is 5.82 Å². The first kappa shape index (κ1) is 18.9. The van der Waals surface area contributed by atoms with Crippen molar-refractivity contribution in [2.75, 3.05) is 20.1 Å². The van der Waals surface area contributed by atoms with Crippen LogP contribution < -0.4 is 0 Å². The Hall–Kier alpha value is -1.87. The molecule has 142 valence electrons. The average molecular weight is 378 g/mol. The van der Waals surface area contributed by atoms with E-state index in [0.717, 1.165) is 35.5 Å². The van der Waals surface area contributed by atoms with Gasteiger partial charge in [0.05, 0.1) is 12.6 Å². The number of likely N-dealkylation sites (N-methyl/N-ethyl adjacent to an activating group) is 1. The van der Waals surface area contributed by atoms with E-state index in [1.54, 1.807) is 28.0 Å². The standard InChI is InChI=1S/C17H27N7OS/c1-12-5-7-23(8-6-12)9-15-19-20-21-24(15)10-16(25)22(4)14(3)17-18-13(2)11-26-17/h11-12,14H,5-10H2,1-4H3/t14-/m0/s1. The summed E-state index contributed by atoms with van der Waals surface area (Å²) in [6, 6.07) is -0.0651. The number of tetrazole rings is 1. The normalized spacial score (nSPS) is 17.4. The zero-order valence-corrected chi connectivity index (χ0v) is 16.7. The number of rotatable bonds is 6. The number of hydrogen-bond donors (Lipinski definition) is 0. The Morgan fingerprint density at radius 3 is 2.81 bits per heavy atom. The Bertz CT molecular complexity index is 735. The van der Waals surface area contributed by atoms with Crippen molar-refractivity contribution < 1.29 is 4.79 Å². The molecule has 9 heteroatoms. The summed E-state index contributed by atoms with van der Waals surface area (Å²) < 4.78 is 1.62. The summed E-state index contributed by atoms with van der Waals surface area (Å²) in [4.78, 5) is 21.2. The molecule has 3 heterocycles. The summed E-state index contributed by atoms with van der Waals surface area (Å²) in [5, 5.41) is 14.9. The molecule has 0 radical (unpaired) electrons. The number of thiazole rings is 1. The molecule has 1 atom stereocenters. The SMILES string of the molecule is Cc1csc([C@H](C)N(C)C(=O)Cn2nnnc2CN2CCC(C)CC2)n1. The fourth-order valence-corrected chi connectivity index (χ4v) is 3.96. The molecule has 1 aliphatic rings. The van der Waals surface area contributed by atoms with Crippen LogP contribution in [0.5, 0.6) is 0 Å². The third kappa shape index (κ3) is 4.45. The Morgan fingerprint density at radius 1 is 1.42 bits per heavy atom. The van der Waals surface area contributed by atoms with E-state index in [2.05, 4.69) is 32.3 Å². The third-order valence-corrected chi connectivity index (χ3v) is 6.23. The number of hydrogen-bond acceptors (Lipinski definition) is 7. The van der Waals surface area contributed by atoms with Gasteiger partial charge >= 0.3 is 0 Å². The van der Waals surface area contributed by atoms with E-state index in [1.165, 1.54) is 12.8 Å². The molecule has 0 saturated carbocycles. The lowest BCUT2D eigenvalue weighted by Gasteiger charge is -2.29. The first-order valence-corrected chi connectivity index (χ1v) is 9.97. The van der Waals surface area contributed by atoms with Crippen molar-refractivity contribution in [1.82, 2.24) is 35.0 Å². The number of piperidine rings is 1. The van der Waals surface area contributed by atoms with Crippen molar-refractivity contribution in [3.8, 4) is 0 Å². The van der Waals surface area contributed by atoms with Gasteiger partial charge in [-0.25, -0.2) is 9.67 Å². The highest BCUT2D eigenvalue weighted by molar-refractivity contribution is 7.09. The number of likely N-dealkylation sites (tertiary alicyclic amines) is 1. The van der Waals surface area contributed by atoms with Gasteiger partial charge in [0.2, 0.25) is 5.91 Å². The maximum atomic E-state index is 12.7. The van der Waals surface area contributed by atoms with Crippen LogP contribution in [0.4, 0.5) is 0 Å². The molecule has 3 rings (SSSR count). The van der Waals surface area contributed by atoms with Gasteiger partial charge in [-0.1, -0.05) is 6.92 Å². The van der Waals surface area contributed by atoms with E-state index in [4.69, 9.17) is 0 Å².